The lowest BCUT2D eigenvalue weighted by molar-refractivity contribution is 0.0597. The number of rotatable bonds is 4. The number of benzene rings is 3. The maximum absolute atomic E-state index is 12.5. The molecule has 0 radical (unpaired) electrons. The average molecular weight is 382 g/mol. The Morgan fingerprint density at radius 1 is 1.00 bits per heavy atom. The molecule has 0 amide bonds. The number of aromatic hydroxyl groups is 1. The summed E-state index contributed by atoms with van der Waals surface area (Å²) in [5.74, 6) is 1.33. The SMILES string of the molecule is COC(=O)c1c(-c2cc(O)c3cc4c(cc3c2)OCO4)ccc(OC)c1OC. The lowest BCUT2D eigenvalue weighted by atomic mass is 9.95. The first-order valence-electron chi connectivity index (χ1n) is 8.47. The predicted octanol–water partition coefficient (Wildman–Crippen LogP) is 3.74. The van der Waals surface area contributed by atoms with Gasteiger partial charge in [-0.2, -0.15) is 0 Å². The van der Waals surface area contributed by atoms with Gasteiger partial charge < -0.3 is 28.8 Å². The van der Waals surface area contributed by atoms with E-state index in [-0.39, 0.29) is 23.9 Å². The molecule has 0 saturated carbocycles. The van der Waals surface area contributed by atoms with E-state index in [1.165, 1.54) is 21.3 Å². The van der Waals surface area contributed by atoms with E-state index in [0.717, 1.165) is 5.39 Å². The zero-order valence-corrected chi connectivity index (χ0v) is 15.6. The van der Waals surface area contributed by atoms with Crippen LogP contribution >= 0.6 is 0 Å². The molecular formula is C21H18O7. The van der Waals surface area contributed by atoms with Gasteiger partial charge >= 0.3 is 5.97 Å². The van der Waals surface area contributed by atoms with Gasteiger partial charge in [0.15, 0.2) is 23.0 Å². The first kappa shape index (κ1) is 17.8. The Morgan fingerprint density at radius 2 is 1.75 bits per heavy atom. The maximum Gasteiger partial charge on any atom is 0.342 e. The van der Waals surface area contributed by atoms with E-state index in [9.17, 15) is 9.90 Å². The minimum atomic E-state index is -0.573. The molecule has 0 aliphatic carbocycles. The molecule has 28 heavy (non-hydrogen) atoms. The summed E-state index contributed by atoms with van der Waals surface area (Å²) in [6, 6.07) is 10.4. The van der Waals surface area contributed by atoms with E-state index in [1.807, 2.05) is 6.07 Å². The van der Waals surface area contributed by atoms with Crippen LogP contribution < -0.4 is 18.9 Å². The van der Waals surface area contributed by atoms with E-state index in [2.05, 4.69) is 0 Å². The predicted molar refractivity (Wildman–Crippen MR) is 102 cm³/mol. The molecule has 144 valence electrons. The van der Waals surface area contributed by atoms with Gasteiger partial charge in [-0.15, -0.1) is 0 Å². The molecule has 0 atom stereocenters. The number of fused-ring (bicyclic) bond motifs is 2. The van der Waals surface area contributed by atoms with Crippen LogP contribution in [0.2, 0.25) is 0 Å². The molecule has 7 nitrogen and oxygen atoms in total. The van der Waals surface area contributed by atoms with Crippen molar-refractivity contribution in [3.63, 3.8) is 0 Å². The van der Waals surface area contributed by atoms with Gasteiger partial charge in [0.1, 0.15) is 11.3 Å². The Labute approximate surface area is 161 Å². The highest BCUT2D eigenvalue weighted by molar-refractivity contribution is 6.03. The molecule has 3 aromatic rings. The Bertz CT molecular complexity index is 1090. The molecule has 0 bridgehead atoms. The van der Waals surface area contributed by atoms with Gasteiger partial charge in [-0.25, -0.2) is 4.79 Å². The Hall–Kier alpha value is -3.61. The second kappa shape index (κ2) is 6.84. The van der Waals surface area contributed by atoms with Crippen molar-refractivity contribution in [1.29, 1.82) is 0 Å². The monoisotopic (exact) mass is 382 g/mol. The van der Waals surface area contributed by atoms with Crippen molar-refractivity contribution in [3.05, 3.63) is 42.0 Å². The van der Waals surface area contributed by atoms with Crippen molar-refractivity contribution in [2.75, 3.05) is 28.1 Å². The van der Waals surface area contributed by atoms with Crippen molar-refractivity contribution in [3.8, 4) is 39.9 Å². The Balaban J connectivity index is 1.97. The van der Waals surface area contributed by atoms with Crippen LogP contribution in [-0.2, 0) is 4.74 Å². The smallest absolute Gasteiger partial charge is 0.342 e. The fraction of sp³-hybridized carbons (Fsp3) is 0.190. The van der Waals surface area contributed by atoms with Gasteiger partial charge in [0.05, 0.1) is 21.3 Å². The highest BCUT2D eigenvalue weighted by Crippen LogP contribution is 2.43. The number of ether oxygens (including phenoxy) is 5. The number of esters is 1. The molecule has 0 spiro atoms. The summed E-state index contributed by atoms with van der Waals surface area (Å²) in [5.41, 5.74) is 1.37. The standard InChI is InChI=1S/C21H18O7/c1-24-16-5-4-13(19(20(16)25-2)21(23)26-3)11-6-12-8-17-18(28-10-27-17)9-14(12)15(22)7-11/h4-9,22H,10H2,1-3H3. The van der Waals surface area contributed by atoms with Crippen LogP contribution in [0.3, 0.4) is 0 Å². The van der Waals surface area contributed by atoms with E-state index < -0.39 is 5.97 Å². The first-order chi connectivity index (χ1) is 13.6. The zero-order valence-electron chi connectivity index (χ0n) is 15.6. The van der Waals surface area contributed by atoms with Gasteiger partial charge in [0.25, 0.3) is 0 Å². The van der Waals surface area contributed by atoms with Gasteiger partial charge in [-0.05, 0) is 47.3 Å². The van der Waals surface area contributed by atoms with Gasteiger partial charge in [0, 0.05) is 10.9 Å². The van der Waals surface area contributed by atoms with Crippen LogP contribution in [0.15, 0.2) is 36.4 Å². The molecule has 7 heteroatoms. The molecule has 1 heterocycles. The minimum Gasteiger partial charge on any atom is -0.507 e. The summed E-state index contributed by atoms with van der Waals surface area (Å²) in [5, 5.41) is 11.9. The number of hydrogen-bond acceptors (Lipinski definition) is 7. The third-order valence-corrected chi connectivity index (χ3v) is 4.67. The topological polar surface area (TPSA) is 83.5 Å². The summed E-state index contributed by atoms with van der Waals surface area (Å²) < 4.78 is 26.4. The maximum atomic E-state index is 12.5. The van der Waals surface area contributed by atoms with Crippen molar-refractivity contribution >= 4 is 16.7 Å². The van der Waals surface area contributed by atoms with E-state index in [1.54, 1.807) is 30.3 Å². The molecule has 1 aliphatic rings. The van der Waals surface area contributed by atoms with Crippen molar-refractivity contribution in [2.45, 2.75) is 0 Å². The van der Waals surface area contributed by atoms with Crippen molar-refractivity contribution in [2.24, 2.45) is 0 Å². The molecule has 3 aromatic carbocycles. The lowest BCUT2D eigenvalue weighted by Crippen LogP contribution is -2.07. The van der Waals surface area contributed by atoms with Crippen molar-refractivity contribution < 1.29 is 33.6 Å². The summed E-state index contributed by atoms with van der Waals surface area (Å²) in [6.07, 6.45) is 0. The molecule has 1 N–H and O–H groups in total. The molecule has 0 unspecified atom stereocenters. The first-order valence-corrected chi connectivity index (χ1v) is 8.47. The minimum absolute atomic E-state index is 0.0522. The van der Waals surface area contributed by atoms with E-state index >= 15 is 0 Å². The third-order valence-electron chi connectivity index (χ3n) is 4.67. The normalized spacial score (nSPS) is 12.1. The summed E-state index contributed by atoms with van der Waals surface area (Å²) >= 11 is 0. The quantitative estimate of drug-likeness (QED) is 0.688. The van der Waals surface area contributed by atoms with Crippen LogP contribution in [0, 0.1) is 0 Å². The van der Waals surface area contributed by atoms with E-state index in [0.29, 0.717) is 33.8 Å². The third kappa shape index (κ3) is 2.72. The molecule has 4 rings (SSSR count). The van der Waals surface area contributed by atoms with Crippen molar-refractivity contribution in [1.82, 2.24) is 0 Å². The lowest BCUT2D eigenvalue weighted by Gasteiger charge is -2.16. The number of carbonyl (C=O) groups is 1. The number of methoxy groups -OCH3 is 3. The molecule has 1 aliphatic heterocycles. The highest BCUT2D eigenvalue weighted by Gasteiger charge is 2.24. The zero-order chi connectivity index (χ0) is 19.8. The van der Waals surface area contributed by atoms with Crippen LogP contribution in [0.5, 0.6) is 28.7 Å². The number of carbonyl (C=O) groups excluding carboxylic acids is 1. The second-order valence-electron chi connectivity index (χ2n) is 6.14. The van der Waals surface area contributed by atoms with E-state index in [4.69, 9.17) is 23.7 Å². The molecule has 0 aromatic heterocycles. The number of phenolic OH excluding ortho intramolecular Hbond substituents is 1. The summed E-state index contributed by atoms with van der Waals surface area (Å²) in [6.45, 7) is 0.140. The summed E-state index contributed by atoms with van der Waals surface area (Å²) in [4.78, 5) is 12.5. The average Bonchev–Trinajstić information content (AvgIpc) is 3.17. The fourth-order valence-electron chi connectivity index (χ4n) is 3.36. The largest absolute Gasteiger partial charge is 0.507 e. The van der Waals surface area contributed by atoms with Crippen LogP contribution in [-0.4, -0.2) is 39.2 Å². The van der Waals surface area contributed by atoms with Crippen LogP contribution in [0.1, 0.15) is 10.4 Å². The Morgan fingerprint density at radius 3 is 2.43 bits per heavy atom. The van der Waals surface area contributed by atoms with Crippen LogP contribution in [0.4, 0.5) is 0 Å². The number of phenols is 1. The molecule has 0 fully saturated rings. The van der Waals surface area contributed by atoms with Gasteiger partial charge in [0.2, 0.25) is 6.79 Å². The van der Waals surface area contributed by atoms with Gasteiger partial charge in [-0.1, -0.05) is 0 Å². The molecular weight excluding hydrogens is 364 g/mol. The highest BCUT2D eigenvalue weighted by atomic mass is 16.7. The van der Waals surface area contributed by atoms with Crippen LogP contribution in [0.25, 0.3) is 21.9 Å². The van der Waals surface area contributed by atoms with Gasteiger partial charge in [-0.3, -0.25) is 0 Å². The Kier molecular flexibility index (Phi) is 4.35. The second-order valence-corrected chi connectivity index (χ2v) is 6.14. The fourth-order valence-corrected chi connectivity index (χ4v) is 3.36. The molecule has 0 saturated heterocycles. The summed E-state index contributed by atoms with van der Waals surface area (Å²) in [7, 11) is 4.24. The number of hydrogen-bond donors (Lipinski definition) is 1.